The molecule has 1 aliphatic carbocycles. The summed E-state index contributed by atoms with van der Waals surface area (Å²) in [4.78, 5) is 36.6. The number of amides is 3. The Balaban J connectivity index is 1.18. The van der Waals surface area contributed by atoms with E-state index in [4.69, 9.17) is 17.0 Å². The van der Waals surface area contributed by atoms with Gasteiger partial charge >= 0.3 is 0 Å². The van der Waals surface area contributed by atoms with Crippen molar-refractivity contribution >= 4 is 40.7 Å². The summed E-state index contributed by atoms with van der Waals surface area (Å²) >= 11 is 5.10. The predicted molar refractivity (Wildman–Crippen MR) is 141 cm³/mol. The van der Waals surface area contributed by atoms with Gasteiger partial charge in [0.1, 0.15) is 5.75 Å². The molecule has 0 heterocycles. The third-order valence-electron chi connectivity index (χ3n) is 5.50. The molecule has 9 heteroatoms. The Hall–Kier alpha value is -4.24. The number of hydrogen-bond donors (Lipinski definition) is 4. The third-order valence-corrected chi connectivity index (χ3v) is 5.70. The van der Waals surface area contributed by atoms with Gasteiger partial charge in [-0.1, -0.05) is 30.3 Å². The van der Waals surface area contributed by atoms with Gasteiger partial charge in [0.05, 0.1) is 6.61 Å². The fraction of sp³-hybridized carbons (Fsp3) is 0.185. The van der Waals surface area contributed by atoms with Crippen molar-refractivity contribution in [3.8, 4) is 5.75 Å². The number of hydrogen-bond acceptors (Lipinski definition) is 5. The zero-order chi connectivity index (χ0) is 25.3. The molecule has 3 amide bonds. The maximum absolute atomic E-state index is 12.4. The second-order valence-electron chi connectivity index (χ2n) is 8.31. The smallest absolute Gasteiger partial charge is 0.269 e. The van der Waals surface area contributed by atoms with Crippen LogP contribution in [0.2, 0.25) is 0 Å². The fourth-order valence-electron chi connectivity index (χ4n) is 3.32. The molecule has 4 N–H and O–H groups in total. The van der Waals surface area contributed by atoms with Crippen LogP contribution in [-0.4, -0.2) is 29.4 Å². The highest BCUT2D eigenvalue weighted by Crippen LogP contribution is 2.30. The minimum absolute atomic E-state index is 0.000169. The van der Waals surface area contributed by atoms with E-state index in [0.29, 0.717) is 29.2 Å². The van der Waals surface area contributed by atoms with Crippen molar-refractivity contribution in [3.05, 3.63) is 95.6 Å². The zero-order valence-electron chi connectivity index (χ0n) is 19.5. The number of carbonyl (C=O) groups excluding carboxylic acids is 3. The molecule has 0 aromatic heterocycles. The van der Waals surface area contributed by atoms with Crippen LogP contribution in [0.1, 0.15) is 39.1 Å². The van der Waals surface area contributed by atoms with Gasteiger partial charge in [0, 0.05) is 29.2 Å². The van der Waals surface area contributed by atoms with E-state index >= 15 is 0 Å². The molecule has 0 bridgehead atoms. The normalized spacial score (nSPS) is 12.2. The second-order valence-corrected chi connectivity index (χ2v) is 8.72. The molecule has 0 atom stereocenters. The third kappa shape index (κ3) is 7.38. The predicted octanol–water partition coefficient (Wildman–Crippen LogP) is 3.61. The van der Waals surface area contributed by atoms with Crippen molar-refractivity contribution < 1.29 is 19.1 Å². The minimum Gasteiger partial charge on any atom is -0.493 e. The number of thiocarbonyl (C=S) groups is 1. The Labute approximate surface area is 214 Å². The van der Waals surface area contributed by atoms with Gasteiger partial charge in [-0.2, -0.15) is 0 Å². The van der Waals surface area contributed by atoms with Crippen LogP contribution in [0.4, 0.5) is 5.69 Å². The van der Waals surface area contributed by atoms with Gasteiger partial charge in [-0.25, -0.2) is 0 Å². The molecule has 3 aromatic rings. The molecule has 0 spiro atoms. The Morgan fingerprint density at radius 2 is 1.44 bits per heavy atom. The fourth-order valence-corrected chi connectivity index (χ4v) is 3.46. The molecule has 0 saturated heterocycles. The Bertz CT molecular complexity index is 1230. The van der Waals surface area contributed by atoms with Crippen LogP contribution in [-0.2, 0) is 11.2 Å². The first-order valence-electron chi connectivity index (χ1n) is 11.6. The lowest BCUT2D eigenvalue weighted by atomic mass is 10.2. The summed E-state index contributed by atoms with van der Waals surface area (Å²) in [5.41, 5.74) is 7.53. The number of nitrogens with one attached hydrogen (secondary N) is 4. The molecule has 8 nitrogen and oxygen atoms in total. The first-order valence-corrected chi connectivity index (χ1v) is 12.0. The summed E-state index contributed by atoms with van der Waals surface area (Å²) in [6.45, 7) is 0.529. The summed E-state index contributed by atoms with van der Waals surface area (Å²) < 4.78 is 5.73. The Morgan fingerprint density at radius 3 is 2.11 bits per heavy atom. The van der Waals surface area contributed by atoms with Crippen molar-refractivity contribution in [2.24, 2.45) is 5.92 Å². The summed E-state index contributed by atoms with van der Waals surface area (Å²) in [5.74, 6) is -0.102. The van der Waals surface area contributed by atoms with Crippen molar-refractivity contribution in [1.29, 1.82) is 0 Å². The molecule has 3 aromatic carbocycles. The summed E-state index contributed by atoms with van der Waals surface area (Å²) in [6, 6.07) is 23.2. The topological polar surface area (TPSA) is 109 Å². The highest BCUT2D eigenvalue weighted by Gasteiger charge is 2.29. The molecule has 4 rings (SSSR count). The van der Waals surface area contributed by atoms with E-state index in [2.05, 4.69) is 21.5 Å². The summed E-state index contributed by atoms with van der Waals surface area (Å²) in [6.07, 6.45) is 2.63. The molecule has 0 unspecified atom stereocenters. The maximum Gasteiger partial charge on any atom is 0.269 e. The molecule has 184 valence electrons. The highest BCUT2D eigenvalue weighted by molar-refractivity contribution is 7.80. The van der Waals surface area contributed by atoms with Gasteiger partial charge in [-0.15, -0.1) is 0 Å². The highest BCUT2D eigenvalue weighted by atomic mass is 32.1. The molecule has 1 aliphatic rings. The molecule has 0 aliphatic heterocycles. The van der Waals surface area contributed by atoms with Crippen LogP contribution < -0.4 is 26.2 Å². The van der Waals surface area contributed by atoms with E-state index in [1.807, 2.05) is 30.3 Å². The van der Waals surface area contributed by atoms with E-state index in [9.17, 15) is 14.4 Å². The number of anilines is 1. The first kappa shape index (κ1) is 24.9. The number of ether oxygens (including phenoxy) is 1. The van der Waals surface area contributed by atoms with Gasteiger partial charge in [0.25, 0.3) is 11.8 Å². The van der Waals surface area contributed by atoms with E-state index in [0.717, 1.165) is 19.3 Å². The van der Waals surface area contributed by atoms with Crippen molar-refractivity contribution in [2.45, 2.75) is 19.3 Å². The van der Waals surface area contributed by atoms with Gasteiger partial charge in [-0.3, -0.25) is 30.6 Å². The van der Waals surface area contributed by atoms with Crippen LogP contribution in [0.15, 0.2) is 78.9 Å². The SMILES string of the molecule is O=C(NNC(=S)NC(=O)c1ccc(OCCc2ccccc2)cc1)c1ccc(NC(=O)C2CC2)cc1. The second kappa shape index (κ2) is 11.9. The van der Waals surface area contributed by atoms with Crippen LogP contribution in [0.5, 0.6) is 5.75 Å². The number of carbonyl (C=O) groups is 3. The molecule has 1 saturated carbocycles. The lowest BCUT2D eigenvalue weighted by Gasteiger charge is -2.12. The maximum atomic E-state index is 12.4. The summed E-state index contributed by atoms with van der Waals surface area (Å²) in [5, 5.41) is 5.28. The standard InChI is InChI=1S/C27H26N4O4S/c32-24(19-6-7-19)28-22-12-8-21(9-13-22)26(34)30-31-27(36)29-25(33)20-10-14-23(15-11-20)35-17-16-18-4-2-1-3-5-18/h1-5,8-15,19H,6-7,16-17H2,(H,28,32)(H,30,34)(H2,29,31,33,36). The number of benzene rings is 3. The van der Waals surface area contributed by atoms with Crippen LogP contribution in [0, 0.1) is 5.92 Å². The molecular weight excluding hydrogens is 476 g/mol. The van der Waals surface area contributed by atoms with Gasteiger partial charge in [0.15, 0.2) is 5.11 Å². The van der Waals surface area contributed by atoms with Crippen molar-refractivity contribution in [1.82, 2.24) is 16.2 Å². The van der Waals surface area contributed by atoms with Crippen molar-refractivity contribution in [2.75, 3.05) is 11.9 Å². The van der Waals surface area contributed by atoms with E-state index in [1.54, 1.807) is 48.5 Å². The van der Waals surface area contributed by atoms with Gasteiger partial charge in [-0.05, 0) is 79.2 Å². The van der Waals surface area contributed by atoms with Crippen LogP contribution in [0.25, 0.3) is 0 Å². The van der Waals surface area contributed by atoms with Crippen LogP contribution >= 0.6 is 12.2 Å². The van der Waals surface area contributed by atoms with Gasteiger partial charge in [0.2, 0.25) is 5.91 Å². The Morgan fingerprint density at radius 1 is 0.806 bits per heavy atom. The molecule has 0 radical (unpaired) electrons. The average molecular weight is 503 g/mol. The van der Waals surface area contributed by atoms with Gasteiger partial charge < -0.3 is 10.1 Å². The molecule has 1 fully saturated rings. The largest absolute Gasteiger partial charge is 0.493 e. The van der Waals surface area contributed by atoms with Crippen molar-refractivity contribution in [3.63, 3.8) is 0 Å². The van der Waals surface area contributed by atoms with E-state index < -0.39 is 11.8 Å². The lowest BCUT2D eigenvalue weighted by molar-refractivity contribution is -0.117. The van der Waals surface area contributed by atoms with E-state index in [1.165, 1.54) is 5.56 Å². The van der Waals surface area contributed by atoms with E-state index in [-0.39, 0.29) is 16.9 Å². The number of rotatable bonds is 8. The average Bonchev–Trinajstić information content (AvgIpc) is 3.75. The monoisotopic (exact) mass is 502 g/mol. The zero-order valence-corrected chi connectivity index (χ0v) is 20.3. The van der Waals surface area contributed by atoms with Crippen LogP contribution in [0.3, 0.4) is 0 Å². The summed E-state index contributed by atoms with van der Waals surface area (Å²) in [7, 11) is 0. The molecular formula is C27H26N4O4S. The Kier molecular flexibility index (Phi) is 8.25. The molecule has 36 heavy (non-hydrogen) atoms. The minimum atomic E-state index is -0.441. The lowest BCUT2D eigenvalue weighted by Crippen LogP contribution is -2.48. The first-order chi connectivity index (χ1) is 17.5. The number of hydrazine groups is 1. The quantitative estimate of drug-likeness (QED) is 0.277.